The number of aliphatic hydroxyl groups excluding tert-OH is 1. The first-order valence-electron chi connectivity index (χ1n) is 5.34. The molecule has 15 heavy (non-hydrogen) atoms. The molecule has 2 nitrogen and oxygen atoms in total. The number of aliphatic hydroxyl groups is 1. The third-order valence-corrected chi connectivity index (χ3v) is 2.62. The fourth-order valence-electron chi connectivity index (χ4n) is 1.76. The van der Waals surface area contributed by atoms with Crippen molar-refractivity contribution < 1.29 is 5.11 Å². The van der Waals surface area contributed by atoms with Gasteiger partial charge in [0.2, 0.25) is 0 Å². The van der Waals surface area contributed by atoms with Gasteiger partial charge in [0, 0.05) is 11.6 Å². The zero-order chi connectivity index (χ0) is 10.5. The molecule has 1 saturated heterocycles. The zero-order valence-electron chi connectivity index (χ0n) is 8.61. The van der Waals surface area contributed by atoms with Gasteiger partial charge in [-0.15, -0.1) is 0 Å². The van der Waals surface area contributed by atoms with Gasteiger partial charge in [-0.3, -0.25) is 0 Å². The van der Waals surface area contributed by atoms with Crippen LogP contribution in [0.5, 0.6) is 0 Å². The molecule has 1 aliphatic heterocycles. The van der Waals surface area contributed by atoms with E-state index in [0.717, 1.165) is 24.9 Å². The molecule has 0 unspecified atom stereocenters. The van der Waals surface area contributed by atoms with E-state index >= 15 is 0 Å². The van der Waals surface area contributed by atoms with E-state index in [-0.39, 0.29) is 6.04 Å². The topological polar surface area (TPSA) is 32.3 Å². The Morgan fingerprint density at radius 1 is 1.33 bits per heavy atom. The van der Waals surface area contributed by atoms with Crippen LogP contribution in [-0.2, 0) is 0 Å². The fraction of sp³-hybridized carbons (Fsp3) is 0.385. The molecule has 0 bridgehead atoms. The van der Waals surface area contributed by atoms with Gasteiger partial charge in [-0.25, -0.2) is 0 Å². The molecule has 0 aliphatic carbocycles. The molecule has 1 aromatic rings. The number of rotatable bonds is 1. The highest BCUT2D eigenvalue weighted by Gasteiger charge is 2.20. The maximum atomic E-state index is 9.77. The molecular formula is C13H15NO. The third-order valence-electron chi connectivity index (χ3n) is 2.62. The van der Waals surface area contributed by atoms with Gasteiger partial charge < -0.3 is 10.4 Å². The van der Waals surface area contributed by atoms with Crippen molar-refractivity contribution in [2.75, 3.05) is 6.54 Å². The second kappa shape index (κ2) is 4.97. The van der Waals surface area contributed by atoms with E-state index < -0.39 is 6.10 Å². The second-order valence-corrected chi connectivity index (χ2v) is 3.78. The van der Waals surface area contributed by atoms with Crippen molar-refractivity contribution in [3.63, 3.8) is 0 Å². The Balaban J connectivity index is 1.99. The summed E-state index contributed by atoms with van der Waals surface area (Å²) in [6.45, 7) is 0.995. The van der Waals surface area contributed by atoms with Crippen molar-refractivity contribution in [1.29, 1.82) is 0 Å². The maximum Gasteiger partial charge on any atom is 0.130 e. The lowest BCUT2D eigenvalue weighted by Crippen LogP contribution is -2.33. The fourth-order valence-corrected chi connectivity index (χ4v) is 1.76. The van der Waals surface area contributed by atoms with Crippen LogP contribution in [0.15, 0.2) is 30.3 Å². The minimum absolute atomic E-state index is 0.154. The normalized spacial score (nSPS) is 21.8. The summed E-state index contributed by atoms with van der Waals surface area (Å²) < 4.78 is 0. The van der Waals surface area contributed by atoms with Crippen LogP contribution >= 0.6 is 0 Å². The van der Waals surface area contributed by atoms with Crippen molar-refractivity contribution in [2.45, 2.75) is 25.0 Å². The van der Waals surface area contributed by atoms with Gasteiger partial charge in [0.05, 0.1) is 0 Å². The summed E-state index contributed by atoms with van der Waals surface area (Å²) in [5.41, 5.74) is 0.953. The summed E-state index contributed by atoms with van der Waals surface area (Å²) in [7, 11) is 0. The summed E-state index contributed by atoms with van der Waals surface area (Å²) >= 11 is 0. The summed E-state index contributed by atoms with van der Waals surface area (Å²) in [5.74, 6) is 5.87. The van der Waals surface area contributed by atoms with E-state index in [1.807, 2.05) is 30.3 Å². The minimum atomic E-state index is -0.548. The van der Waals surface area contributed by atoms with Gasteiger partial charge in [-0.2, -0.15) is 0 Å². The molecule has 0 aromatic heterocycles. The molecule has 1 aliphatic rings. The van der Waals surface area contributed by atoms with Crippen LogP contribution < -0.4 is 5.32 Å². The van der Waals surface area contributed by atoms with E-state index in [1.165, 1.54) is 0 Å². The highest BCUT2D eigenvalue weighted by Crippen LogP contribution is 2.08. The molecule has 2 N–H and O–H groups in total. The summed E-state index contributed by atoms with van der Waals surface area (Å²) in [5, 5.41) is 13.0. The van der Waals surface area contributed by atoms with Crippen molar-refractivity contribution >= 4 is 0 Å². The molecular weight excluding hydrogens is 186 g/mol. The monoisotopic (exact) mass is 201 g/mol. The van der Waals surface area contributed by atoms with Gasteiger partial charge in [0.1, 0.15) is 6.10 Å². The molecule has 2 heteroatoms. The lowest BCUT2D eigenvalue weighted by molar-refractivity contribution is 0.190. The molecule has 0 radical (unpaired) electrons. The van der Waals surface area contributed by atoms with Gasteiger partial charge in [0.15, 0.2) is 0 Å². The van der Waals surface area contributed by atoms with E-state index in [9.17, 15) is 5.11 Å². The molecule has 0 spiro atoms. The third kappa shape index (κ3) is 2.82. The molecule has 1 heterocycles. The Morgan fingerprint density at radius 3 is 2.80 bits per heavy atom. The first-order valence-corrected chi connectivity index (χ1v) is 5.34. The van der Waals surface area contributed by atoms with Crippen LogP contribution in [0.2, 0.25) is 0 Å². The predicted octanol–water partition coefficient (Wildman–Crippen LogP) is 1.15. The summed E-state index contributed by atoms with van der Waals surface area (Å²) in [6.07, 6.45) is 1.60. The Hall–Kier alpha value is -1.30. The van der Waals surface area contributed by atoms with Crippen LogP contribution in [0, 0.1) is 11.8 Å². The van der Waals surface area contributed by atoms with E-state index in [0.29, 0.717) is 0 Å². The molecule has 0 amide bonds. The van der Waals surface area contributed by atoms with Crippen molar-refractivity contribution in [2.24, 2.45) is 0 Å². The second-order valence-electron chi connectivity index (χ2n) is 3.78. The minimum Gasteiger partial charge on any atom is -0.379 e. The Labute approximate surface area is 90.3 Å². The first-order chi connectivity index (χ1) is 7.36. The van der Waals surface area contributed by atoms with E-state index in [1.54, 1.807) is 0 Å². The van der Waals surface area contributed by atoms with E-state index in [2.05, 4.69) is 17.2 Å². The maximum absolute atomic E-state index is 9.77. The van der Waals surface area contributed by atoms with Gasteiger partial charge >= 0.3 is 0 Å². The predicted molar refractivity (Wildman–Crippen MR) is 60.4 cm³/mol. The van der Waals surface area contributed by atoms with Crippen LogP contribution in [0.3, 0.4) is 0 Å². The Bertz CT molecular complexity index is 357. The lowest BCUT2D eigenvalue weighted by atomic mass is 10.1. The molecule has 2 atom stereocenters. The highest BCUT2D eigenvalue weighted by atomic mass is 16.3. The van der Waals surface area contributed by atoms with Crippen LogP contribution in [0.25, 0.3) is 0 Å². The molecule has 78 valence electrons. The van der Waals surface area contributed by atoms with Crippen molar-refractivity contribution in [3.05, 3.63) is 35.9 Å². The quantitative estimate of drug-likeness (QED) is 0.668. The van der Waals surface area contributed by atoms with Crippen molar-refractivity contribution in [3.8, 4) is 11.8 Å². The largest absolute Gasteiger partial charge is 0.379 e. The van der Waals surface area contributed by atoms with Crippen LogP contribution in [-0.4, -0.2) is 23.8 Å². The molecule has 1 aromatic carbocycles. The number of hydrogen-bond acceptors (Lipinski definition) is 2. The standard InChI is InChI=1S/C13H15NO/c15-13(12-7-4-10-14-12)9-8-11-5-2-1-3-6-11/h1-3,5-6,12-15H,4,7,10H2/t12-,13+/m0/s1. The smallest absolute Gasteiger partial charge is 0.130 e. The van der Waals surface area contributed by atoms with Gasteiger partial charge in [-0.1, -0.05) is 30.0 Å². The summed E-state index contributed by atoms with van der Waals surface area (Å²) in [6, 6.07) is 9.90. The molecule has 2 rings (SSSR count). The zero-order valence-corrected chi connectivity index (χ0v) is 8.61. The Morgan fingerprint density at radius 2 is 2.13 bits per heavy atom. The number of benzene rings is 1. The molecule has 0 saturated carbocycles. The van der Waals surface area contributed by atoms with Crippen molar-refractivity contribution in [1.82, 2.24) is 5.32 Å². The first kappa shape index (κ1) is 10.2. The van der Waals surface area contributed by atoms with E-state index in [4.69, 9.17) is 0 Å². The average molecular weight is 201 g/mol. The number of hydrogen-bond donors (Lipinski definition) is 2. The average Bonchev–Trinajstić information content (AvgIpc) is 2.81. The Kier molecular flexibility index (Phi) is 3.39. The highest BCUT2D eigenvalue weighted by molar-refractivity contribution is 5.34. The number of nitrogens with one attached hydrogen (secondary N) is 1. The lowest BCUT2D eigenvalue weighted by Gasteiger charge is -2.11. The van der Waals surface area contributed by atoms with Gasteiger partial charge in [0.25, 0.3) is 0 Å². The van der Waals surface area contributed by atoms with Crippen LogP contribution in [0.1, 0.15) is 18.4 Å². The SMILES string of the molecule is O[C@H](C#Cc1ccccc1)[C@@H]1CCCN1. The summed E-state index contributed by atoms with van der Waals surface area (Å²) in [4.78, 5) is 0. The van der Waals surface area contributed by atoms with Crippen LogP contribution in [0.4, 0.5) is 0 Å². The molecule has 1 fully saturated rings. The van der Waals surface area contributed by atoms with Gasteiger partial charge in [-0.05, 0) is 31.5 Å².